The van der Waals surface area contributed by atoms with E-state index in [0.29, 0.717) is 5.92 Å². The number of ether oxygens (including phenoxy) is 1. The maximum Gasteiger partial charge on any atom is 0.125 e. The summed E-state index contributed by atoms with van der Waals surface area (Å²) >= 11 is 0. The summed E-state index contributed by atoms with van der Waals surface area (Å²) in [4.78, 5) is 10.4. The van der Waals surface area contributed by atoms with Crippen LogP contribution in [0.2, 0.25) is 0 Å². The van der Waals surface area contributed by atoms with Gasteiger partial charge in [0.25, 0.3) is 0 Å². The van der Waals surface area contributed by atoms with Crippen molar-refractivity contribution in [3.05, 3.63) is 17.7 Å². The molecule has 2 N–H and O–H groups in total. The maximum absolute atomic E-state index is 5.48. The van der Waals surface area contributed by atoms with Crippen molar-refractivity contribution < 1.29 is 4.74 Å². The van der Waals surface area contributed by atoms with Crippen molar-refractivity contribution in [1.82, 2.24) is 20.2 Å². The first-order chi connectivity index (χ1) is 8.83. The lowest BCUT2D eigenvalue weighted by Gasteiger charge is -2.28. The molecule has 5 heteroatoms. The number of aromatic amines is 1. The number of morpholine rings is 1. The first-order valence-electron chi connectivity index (χ1n) is 6.87. The van der Waals surface area contributed by atoms with Gasteiger partial charge < -0.3 is 19.9 Å². The normalized spacial score (nSPS) is 27.5. The van der Waals surface area contributed by atoms with Crippen molar-refractivity contribution in [1.29, 1.82) is 0 Å². The molecule has 0 aromatic carbocycles. The summed E-state index contributed by atoms with van der Waals surface area (Å²) < 4.78 is 5.48. The van der Waals surface area contributed by atoms with E-state index in [2.05, 4.69) is 27.2 Å². The maximum atomic E-state index is 5.48. The molecule has 2 saturated heterocycles. The number of aromatic nitrogens is 2. The van der Waals surface area contributed by atoms with Gasteiger partial charge in [-0.25, -0.2) is 4.98 Å². The van der Waals surface area contributed by atoms with E-state index in [-0.39, 0.29) is 6.04 Å². The Hall–Kier alpha value is -0.910. The highest BCUT2D eigenvalue weighted by molar-refractivity contribution is 5.11. The fourth-order valence-corrected chi connectivity index (χ4v) is 2.80. The second-order valence-corrected chi connectivity index (χ2v) is 5.38. The Kier molecular flexibility index (Phi) is 3.63. The molecular formula is C13H22N4O. The Morgan fingerprint density at radius 2 is 2.22 bits per heavy atom. The van der Waals surface area contributed by atoms with Gasteiger partial charge in [0.05, 0.1) is 19.3 Å². The van der Waals surface area contributed by atoms with Crippen molar-refractivity contribution in [3.63, 3.8) is 0 Å². The molecule has 2 aliphatic heterocycles. The lowest BCUT2D eigenvalue weighted by atomic mass is 9.94. The zero-order valence-corrected chi connectivity index (χ0v) is 11.0. The van der Waals surface area contributed by atoms with E-state index in [1.165, 1.54) is 31.6 Å². The lowest BCUT2D eigenvalue weighted by Crippen LogP contribution is -2.35. The summed E-state index contributed by atoms with van der Waals surface area (Å²) in [5, 5.41) is 3.43. The highest BCUT2D eigenvalue weighted by Crippen LogP contribution is 2.27. The molecule has 1 aromatic heterocycles. The summed E-state index contributed by atoms with van der Waals surface area (Å²) in [5.74, 6) is 1.68. The first kappa shape index (κ1) is 12.1. The molecule has 0 saturated carbocycles. The van der Waals surface area contributed by atoms with Crippen LogP contribution in [0.5, 0.6) is 0 Å². The summed E-state index contributed by atoms with van der Waals surface area (Å²) in [7, 11) is 2.19. The van der Waals surface area contributed by atoms with Crippen molar-refractivity contribution >= 4 is 0 Å². The van der Waals surface area contributed by atoms with Crippen LogP contribution >= 0.6 is 0 Å². The predicted molar refractivity (Wildman–Crippen MR) is 69.6 cm³/mol. The quantitative estimate of drug-likeness (QED) is 0.818. The molecule has 100 valence electrons. The number of imidazole rings is 1. The van der Waals surface area contributed by atoms with Gasteiger partial charge in [0, 0.05) is 24.4 Å². The SMILES string of the molecule is CN1CCC(c2cnc(C3COCCN3)[nH]2)CC1. The Bertz CT molecular complexity index is 378. The number of piperidine rings is 1. The van der Waals surface area contributed by atoms with Crippen LogP contribution in [0.15, 0.2) is 6.20 Å². The van der Waals surface area contributed by atoms with E-state index >= 15 is 0 Å². The molecule has 2 aliphatic rings. The van der Waals surface area contributed by atoms with Crippen LogP contribution in [0.25, 0.3) is 0 Å². The van der Waals surface area contributed by atoms with Gasteiger partial charge in [0.15, 0.2) is 0 Å². The van der Waals surface area contributed by atoms with Gasteiger partial charge in [-0.1, -0.05) is 0 Å². The largest absolute Gasteiger partial charge is 0.378 e. The second-order valence-electron chi connectivity index (χ2n) is 5.38. The molecule has 18 heavy (non-hydrogen) atoms. The fourth-order valence-electron chi connectivity index (χ4n) is 2.80. The molecule has 5 nitrogen and oxygen atoms in total. The van der Waals surface area contributed by atoms with Gasteiger partial charge in [-0.3, -0.25) is 0 Å². The standard InChI is InChI=1S/C13H22N4O/c1-17-5-2-10(3-6-17)11-8-15-13(16-11)12-9-18-7-4-14-12/h8,10,12,14H,2-7,9H2,1H3,(H,15,16). The number of hydrogen-bond donors (Lipinski definition) is 2. The summed E-state index contributed by atoms with van der Waals surface area (Å²) in [6.45, 7) is 4.81. The molecule has 1 atom stereocenters. The number of likely N-dealkylation sites (tertiary alicyclic amines) is 1. The second kappa shape index (κ2) is 5.38. The van der Waals surface area contributed by atoms with Crippen molar-refractivity contribution in [2.24, 2.45) is 0 Å². The van der Waals surface area contributed by atoms with Crippen LogP contribution in [0.1, 0.15) is 36.3 Å². The van der Waals surface area contributed by atoms with Crippen LogP contribution in [0, 0.1) is 0 Å². The summed E-state index contributed by atoms with van der Waals surface area (Å²) in [6.07, 6.45) is 4.47. The fraction of sp³-hybridized carbons (Fsp3) is 0.769. The van der Waals surface area contributed by atoms with Crippen molar-refractivity contribution in [2.45, 2.75) is 24.8 Å². The minimum atomic E-state index is 0.235. The number of nitrogens with one attached hydrogen (secondary N) is 2. The number of H-pyrrole nitrogens is 1. The number of rotatable bonds is 2. The summed E-state index contributed by atoms with van der Waals surface area (Å²) in [5.41, 5.74) is 1.30. The Balaban J connectivity index is 1.65. The zero-order valence-electron chi connectivity index (χ0n) is 11.0. The van der Waals surface area contributed by atoms with Crippen LogP contribution in [-0.4, -0.2) is 54.8 Å². The topological polar surface area (TPSA) is 53.2 Å². The van der Waals surface area contributed by atoms with Crippen molar-refractivity contribution in [3.8, 4) is 0 Å². The monoisotopic (exact) mass is 250 g/mol. The smallest absolute Gasteiger partial charge is 0.125 e. The third kappa shape index (κ3) is 2.58. The Morgan fingerprint density at radius 3 is 2.94 bits per heavy atom. The van der Waals surface area contributed by atoms with Gasteiger partial charge in [-0.05, 0) is 33.0 Å². The highest BCUT2D eigenvalue weighted by atomic mass is 16.5. The van der Waals surface area contributed by atoms with Crippen LogP contribution < -0.4 is 5.32 Å². The molecule has 3 heterocycles. The molecular weight excluding hydrogens is 228 g/mol. The van der Waals surface area contributed by atoms with Gasteiger partial charge in [0.1, 0.15) is 5.82 Å². The average Bonchev–Trinajstić information content (AvgIpc) is 2.90. The predicted octanol–water partition coefficient (Wildman–Crippen LogP) is 0.880. The van der Waals surface area contributed by atoms with E-state index in [0.717, 1.165) is 25.6 Å². The first-order valence-corrected chi connectivity index (χ1v) is 6.87. The molecule has 0 spiro atoms. The van der Waals surface area contributed by atoms with E-state index in [4.69, 9.17) is 4.74 Å². The van der Waals surface area contributed by atoms with Gasteiger partial charge in [-0.2, -0.15) is 0 Å². The molecule has 0 radical (unpaired) electrons. The van der Waals surface area contributed by atoms with E-state index < -0.39 is 0 Å². The van der Waals surface area contributed by atoms with Gasteiger partial charge in [-0.15, -0.1) is 0 Å². The third-order valence-corrected chi connectivity index (χ3v) is 4.03. The third-order valence-electron chi connectivity index (χ3n) is 4.03. The van der Waals surface area contributed by atoms with Gasteiger partial charge >= 0.3 is 0 Å². The highest BCUT2D eigenvalue weighted by Gasteiger charge is 2.23. The van der Waals surface area contributed by atoms with Crippen LogP contribution in [0.3, 0.4) is 0 Å². The molecule has 1 aromatic rings. The number of hydrogen-bond acceptors (Lipinski definition) is 4. The lowest BCUT2D eigenvalue weighted by molar-refractivity contribution is 0.0744. The molecule has 3 rings (SSSR count). The molecule has 0 aliphatic carbocycles. The molecule has 1 unspecified atom stereocenters. The molecule has 2 fully saturated rings. The van der Waals surface area contributed by atoms with Crippen LogP contribution in [-0.2, 0) is 4.74 Å². The average molecular weight is 250 g/mol. The Labute approximate surface area is 108 Å². The summed E-state index contributed by atoms with van der Waals surface area (Å²) in [6, 6.07) is 0.235. The zero-order chi connectivity index (χ0) is 12.4. The Morgan fingerprint density at radius 1 is 1.39 bits per heavy atom. The minimum absolute atomic E-state index is 0.235. The number of nitrogens with zero attached hydrogens (tertiary/aromatic N) is 2. The van der Waals surface area contributed by atoms with E-state index in [1.807, 2.05) is 6.20 Å². The molecule has 0 bridgehead atoms. The van der Waals surface area contributed by atoms with E-state index in [1.54, 1.807) is 0 Å². The van der Waals surface area contributed by atoms with Crippen LogP contribution in [0.4, 0.5) is 0 Å². The van der Waals surface area contributed by atoms with Crippen molar-refractivity contribution in [2.75, 3.05) is 39.9 Å². The van der Waals surface area contributed by atoms with E-state index in [9.17, 15) is 0 Å². The van der Waals surface area contributed by atoms with Gasteiger partial charge in [0.2, 0.25) is 0 Å². The minimum Gasteiger partial charge on any atom is -0.378 e. The molecule has 0 amide bonds.